The van der Waals surface area contributed by atoms with Crippen molar-refractivity contribution in [2.75, 3.05) is 6.54 Å². The number of likely N-dealkylation sites (tertiary alicyclic amines) is 1. The van der Waals surface area contributed by atoms with Crippen LogP contribution in [0.4, 0.5) is 0 Å². The van der Waals surface area contributed by atoms with Gasteiger partial charge in [-0.1, -0.05) is 6.92 Å². The minimum Gasteiger partial charge on any atom is -0.480 e. The van der Waals surface area contributed by atoms with Crippen molar-refractivity contribution < 1.29 is 14.7 Å². The van der Waals surface area contributed by atoms with Crippen molar-refractivity contribution in [2.45, 2.75) is 32.2 Å². The van der Waals surface area contributed by atoms with Crippen LogP contribution in [0.3, 0.4) is 0 Å². The predicted octanol–water partition coefficient (Wildman–Crippen LogP) is 0.472. The van der Waals surface area contributed by atoms with Crippen molar-refractivity contribution in [3.05, 3.63) is 0 Å². The number of carbonyl (C=O) groups excluding carboxylic acids is 1. The molecule has 0 aromatic rings. The van der Waals surface area contributed by atoms with Gasteiger partial charge in [0.15, 0.2) is 0 Å². The molecule has 0 aromatic heterocycles. The molecule has 1 aliphatic rings. The maximum absolute atomic E-state index is 11.2. The summed E-state index contributed by atoms with van der Waals surface area (Å²) in [5.41, 5.74) is 0. The molecule has 0 unspecified atom stereocenters. The van der Waals surface area contributed by atoms with Crippen LogP contribution in [0.25, 0.3) is 0 Å². The van der Waals surface area contributed by atoms with E-state index in [9.17, 15) is 9.59 Å². The molecule has 1 aliphatic heterocycles. The van der Waals surface area contributed by atoms with Gasteiger partial charge in [-0.05, 0) is 12.8 Å². The van der Waals surface area contributed by atoms with Crippen LogP contribution in [0.2, 0.25) is 0 Å². The Labute approximate surface area is 71.2 Å². The van der Waals surface area contributed by atoms with E-state index in [4.69, 9.17) is 5.11 Å². The van der Waals surface area contributed by atoms with Crippen molar-refractivity contribution in [1.82, 2.24) is 4.90 Å². The Morgan fingerprint density at radius 3 is 2.75 bits per heavy atom. The van der Waals surface area contributed by atoms with E-state index < -0.39 is 12.0 Å². The second kappa shape index (κ2) is 3.56. The van der Waals surface area contributed by atoms with Crippen LogP contribution in [0.15, 0.2) is 0 Å². The summed E-state index contributed by atoms with van der Waals surface area (Å²) in [6.07, 6.45) is 1.80. The molecule has 1 atom stereocenters. The molecule has 68 valence electrons. The van der Waals surface area contributed by atoms with Crippen molar-refractivity contribution in [2.24, 2.45) is 0 Å². The zero-order chi connectivity index (χ0) is 9.14. The molecule has 1 fully saturated rings. The number of carboxylic acids is 1. The third-order valence-electron chi connectivity index (χ3n) is 2.16. The monoisotopic (exact) mass is 171 g/mol. The molecule has 1 rings (SSSR count). The number of carbonyl (C=O) groups is 2. The van der Waals surface area contributed by atoms with Gasteiger partial charge in [-0.3, -0.25) is 4.79 Å². The van der Waals surface area contributed by atoms with Crippen LogP contribution in [0.1, 0.15) is 26.2 Å². The second-order valence-corrected chi connectivity index (χ2v) is 2.94. The lowest BCUT2D eigenvalue weighted by molar-refractivity contribution is -0.148. The van der Waals surface area contributed by atoms with Crippen molar-refractivity contribution in [1.29, 1.82) is 0 Å². The van der Waals surface area contributed by atoms with E-state index in [2.05, 4.69) is 0 Å². The van der Waals surface area contributed by atoms with Gasteiger partial charge < -0.3 is 10.0 Å². The summed E-state index contributed by atoms with van der Waals surface area (Å²) < 4.78 is 0. The normalized spacial score (nSPS) is 22.8. The molecule has 0 aromatic carbocycles. The van der Waals surface area contributed by atoms with Gasteiger partial charge >= 0.3 is 5.97 Å². The molecule has 4 heteroatoms. The summed E-state index contributed by atoms with van der Waals surface area (Å²) in [6.45, 7) is 2.35. The van der Waals surface area contributed by atoms with Gasteiger partial charge in [-0.25, -0.2) is 4.79 Å². The van der Waals surface area contributed by atoms with Crippen LogP contribution in [0, 0.1) is 0 Å². The Morgan fingerprint density at radius 1 is 1.58 bits per heavy atom. The molecule has 0 bridgehead atoms. The summed E-state index contributed by atoms with van der Waals surface area (Å²) >= 11 is 0. The number of hydrogen-bond acceptors (Lipinski definition) is 2. The lowest BCUT2D eigenvalue weighted by Crippen LogP contribution is -2.39. The average Bonchev–Trinajstić information content (AvgIpc) is 2.50. The SMILES string of the molecule is CCC(=O)N1CCC[C@H]1C(=O)O. The molecule has 0 saturated carbocycles. The van der Waals surface area contributed by atoms with E-state index in [0.29, 0.717) is 19.4 Å². The van der Waals surface area contributed by atoms with Crippen LogP contribution in [-0.2, 0) is 9.59 Å². The van der Waals surface area contributed by atoms with Gasteiger partial charge in [0, 0.05) is 13.0 Å². The first kappa shape index (κ1) is 9.03. The highest BCUT2D eigenvalue weighted by Crippen LogP contribution is 2.17. The van der Waals surface area contributed by atoms with Crippen LogP contribution in [0.5, 0.6) is 0 Å². The fourth-order valence-electron chi connectivity index (χ4n) is 1.53. The molecule has 1 heterocycles. The van der Waals surface area contributed by atoms with Gasteiger partial charge in [0.25, 0.3) is 0 Å². The summed E-state index contributed by atoms with van der Waals surface area (Å²) in [7, 11) is 0. The highest BCUT2D eigenvalue weighted by atomic mass is 16.4. The minimum absolute atomic E-state index is 0.0556. The Kier molecular flexibility index (Phi) is 2.68. The predicted molar refractivity (Wildman–Crippen MR) is 42.7 cm³/mol. The zero-order valence-electron chi connectivity index (χ0n) is 7.12. The molecule has 0 radical (unpaired) electrons. The number of amides is 1. The highest BCUT2D eigenvalue weighted by molar-refractivity contribution is 5.84. The maximum atomic E-state index is 11.2. The molecule has 12 heavy (non-hydrogen) atoms. The smallest absolute Gasteiger partial charge is 0.326 e. The number of nitrogens with zero attached hydrogens (tertiary/aromatic N) is 1. The summed E-state index contributed by atoms with van der Waals surface area (Å²) in [5.74, 6) is -0.936. The second-order valence-electron chi connectivity index (χ2n) is 2.94. The van der Waals surface area contributed by atoms with Crippen molar-refractivity contribution >= 4 is 11.9 Å². The number of carboxylic acid groups (broad SMARTS) is 1. The fraction of sp³-hybridized carbons (Fsp3) is 0.750. The van der Waals surface area contributed by atoms with E-state index in [-0.39, 0.29) is 5.91 Å². The molecule has 1 amide bonds. The molecule has 0 spiro atoms. The first-order chi connectivity index (χ1) is 5.66. The Balaban J connectivity index is 2.63. The Bertz CT molecular complexity index is 202. The van der Waals surface area contributed by atoms with E-state index in [1.54, 1.807) is 6.92 Å². The standard InChI is InChI=1S/C8H13NO3/c1-2-7(10)9-5-3-4-6(9)8(11)12/h6H,2-5H2,1H3,(H,11,12)/t6-/m0/s1. The van der Waals surface area contributed by atoms with Crippen LogP contribution >= 0.6 is 0 Å². The summed E-state index contributed by atoms with van der Waals surface area (Å²) in [4.78, 5) is 23.3. The summed E-state index contributed by atoms with van der Waals surface area (Å²) in [5, 5.41) is 8.73. The van der Waals surface area contributed by atoms with Gasteiger partial charge in [0.05, 0.1) is 0 Å². The van der Waals surface area contributed by atoms with E-state index >= 15 is 0 Å². The molecule has 0 aliphatic carbocycles. The van der Waals surface area contributed by atoms with Gasteiger partial charge in [0.2, 0.25) is 5.91 Å². The lowest BCUT2D eigenvalue weighted by atomic mass is 10.2. The van der Waals surface area contributed by atoms with E-state index in [1.807, 2.05) is 0 Å². The Hall–Kier alpha value is -1.06. The molecular weight excluding hydrogens is 158 g/mol. The first-order valence-electron chi connectivity index (χ1n) is 4.19. The van der Waals surface area contributed by atoms with Crippen molar-refractivity contribution in [3.8, 4) is 0 Å². The van der Waals surface area contributed by atoms with Gasteiger partial charge in [-0.2, -0.15) is 0 Å². The topological polar surface area (TPSA) is 57.6 Å². The third kappa shape index (κ3) is 1.57. The van der Waals surface area contributed by atoms with Gasteiger partial charge in [-0.15, -0.1) is 0 Å². The molecular formula is C8H13NO3. The van der Waals surface area contributed by atoms with E-state index in [1.165, 1.54) is 4.90 Å². The maximum Gasteiger partial charge on any atom is 0.326 e. The first-order valence-corrected chi connectivity index (χ1v) is 4.19. The van der Waals surface area contributed by atoms with E-state index in [0.717, 1.165) is 6.42 Å². The molecule has 1 saturated heterocycles. The van der Waals surface area contributed by atoms with Crippen LogP contribution < -0.4 is 0 Å². The minimum atomic E-state index is -0.880. The fourth-order valence-corrected chi connectivity index (χ4v) is 1.53. The zero-order valence-corrected chi connectivity index (χ0v) is 7.12. The third-order valence-corrected chi connectivity index (χ3v) is 2.16. The lowest BCUT2D eigenvalue weighted by Gasteiger charge is -2.20. The highest BCUT2D eigenvalue weighted by Gasteiger charge is 2.32. The molecule has 4 nitrogen and oxygen atoms in total. The van der Waals surface area contributed by atoms with Crippen LogP contribution in [-0.4, -0.2) is 34.5 Å². The molecule has 1 N–H and O–H groups in total. The van der Waals surface area contributed by atoms with Crippen molar-refractivity contribution in [3.63, 3.8) is 0 Å². The quantitative estimate of drug-likeness (QED) is 0.657. The summed E-state index contributed by atoms with van der Waals surface area (Å²) in [6, 6.07) is -0.572. The Morgan fingerprint density at radius 2 is 2.25 bits per heavy atom. The van der Waals surface area contributed by atoms with Gasteiger partial charge in [0.1, 0.15) is 6.04 Å². The largest absolute Gasteiger partial charge is 0.480 e. The number of hydrogen-bond donors (Lipinski definition) is 1. The number of aliphatic carboxylic acids is 1. The number of rotatable bonds is 2. The average molecular weight is 171 g/mol.